The van der Waals surface area contributed by atoms with Crippen LogP contribution in [0.25, 0.3) is 0 Å². The van der Waals surface area contributed by atoms with Crippen molar-refractivity contribution in [2.75, 3.05) is 44.2 Å². The highest BCUT2D eigenvalue weighted by atomic mass is 16.2. The van der Waals surface area contributed by atoms with Crippen molar-refractivity contribution in [3.63, 3.8) is 0 Å². The van der Waals surface area contributed by atoms with Crippen molar-refractivity contribution in [3.8, 4) is 0 Å². The Bertz CT molecular complexity index is 828. The molecule has 0 N–H and O–H groups in total. The summed E-state index contributed by atoms with van der Waals surface area (Å²) in [5.74, 6) is 1.18. The van der Waals surface area contributed by atoms with Gasteiger partial charge in [-0.25, -0.2) is 9.97 Å². The second-order valence-electron chi connectivity index (χ2n) is 7.80. The van der Waals surface area contributed by atoms with Gasteiger partial charge in [0.05, 0.1) is 0 Å². The molecule has 2 aromatic rings. The molecular formula is C22H27N5O2. The Labute approximate surface area is 171 Å². The number of benzene rings is 1. The number of piperazine rings is 1. The fourth-order valence-corrected chi connectivity index (χ4v) is 4.10. The molecular weight excluding hydrogens is 366 g/mol. The van der Waals surface area contributed by atoms with Gasteiger partial charge in [0.25, 0.3) is 5.91 Å². The zero-order valence-electron chi connectivity index (χ0n) is 16.6. The summed E-state index contributed by atoms with van der Waals surface area (Å²) < 4.78 is 0. The summed E-state index contributed by atoms with van der Waals surface area (Å²) >= 11 is 0. The Morgan fingerprint density at radius 3 is 2.41 bits per heavy atom. The van der Waals surface area contributed by atoms with Gasteiger partial charge in [-0.3, -0.25) is 9.59 Å². The van der Waals surface area contributed by atoms with E-state index in [1.807, 2.05) is 15.9 Å². The first-order valence-corrected chi connectivity index (χ1v) is 10.3. The molecule has 1 aromatic carbocycles. The van der Waals surface area contributed by atoms with E-state index in [0.29, 0.717) is 43.7 Å². The van der Waals surface area contributed by atoms with Gasteiger partial charge >= 0.3 is 0 Å². The van der Waals surface area contributed by atoms with Crippen LogP contribution in [0.2, 0.25) is 0 Å². The van der Waals surface area contributed by atoms with Crippen LogP contribution < -0.4 is 4.90 Å². The molecule has 0 unspecified atom stereocenters. The molecule has 0 saturated carbocycles. The Morgan fingerprint density at radius 1 is 1.00 bits per heavy atom. The normalized spacial score (nSPS) is 18.0. The molecule has 7 nitrogen and oxygen atoms in total. The van der Waals surface area contributed by atoms with Gasteiger partial charge in [0.1, 0.15) is 5.69 Å². The van der Waals surface area contributed by atoms with E-state index in [-0.39, 0.29) is 5.91 Å². The third kappa shape index (κ3) is 4.72. The molecule has 2 fully saturated rings. The van der Waals surface area contributed by atoms with Crippen LogP contribution in [-0.4, -0.2) is 71.4 Å². The number of amides is 2. The van der Waals surface area contributed by atoms with Crippen LogP contribution in [-0.2, 0) is 11.2 Å². The summed E-state index contributed by atoms with van der Waals surface area (Å²) in [4.78, 5) is 38.4. The van der Waals surface area contributed by atoms with Gasteiger partial charge in [0, 0.05) is 45.5 Å². The molecule has 0 radical (unpaired) electrons. The van der Waals surface area contributed by atoms with Crippen LogP contribution in [0.1, 0.15) is 28.9 Å². The predicted molar refractivity (Wildman–Crippen MR) is 111 cm³/mol. The van der Waals surface area contributed by atoms with Crippen LogP contribution in [0.4, 0.5) is 5.95 Å². The van der Waals surface area contributed by atoms with Crippen molar-refractivity contribution in [1.82, 2.24) is 19.8 Å². The van der Waals surface area contributed by atoms with Crippen LogP contribution in [0.15, 0.2) is 42.6 Å². The standard InChI is InChI=1S/C22H27N5O2/c28-17-25-12-14-27(15-13-25)22-23-9-6-20(24-22)21(29)26-10-7-19(8-11-26)16-18-4-2-1-3-5-18/h1-6,9,17,19H,7-8,10-16H2. The molecule has 0 aliphatic carbocycles. The van der Waals surface area contributed by atoms with Gasteiger partial charge in [0.15, 0.2) is 0 Å². The lowest BCUT2D eigenvalue weighted by atomic mass is 9.90. The minimum absolute atomic E-state index is 0.0154. The average Bonchev–Trinajstić information content (AvgIpc) is 2.80. The maximum absolute atomic E-state index is 13.0. The summed E-state index contributed by atoms with van der Waals surface area (Å²) in [5.41, 5.74) is 1.82. The second kappa shape index (κ2) is 9.03. The largest absolute Gasteiger partial charge is 0.342 e. The quantitative estimate of drug-likeness (QED) is 0.725. The third-order valence-electron chi connectivity index (χ3n) is 5.88. The highest BCUT2D eigenvalue weighted by molar-refractivity contribution is 5.92. The average molecular weight is 393 g/mol. The number of likely N-dealkylation sites (tertiary alicyclic amines) is 1. The van der Waals surface area contributed by atoms with Crippen molar-refractivity contribution in [2.24, 2.45) is 5.92 Å². The SMILES string of the molecule is O=CN1CCN(c2nccc(C(=O)N3CCC(Cc4ccccc4)CC3)n2)CC1. The van der Waals surface area contributed by atoms with E-state index in [4.69, 9.17) is 0 Å². The number of nitrogens with zero attached hydrogens (tertiary/aromatic N) is 5. The topological polar surface area (TPSA) is 69.6 Å². The van der Waals surface area contributed by atoms with Crippen LogP contribution in [0, 0.1) is 5.92 Å². The minimum atomic E-state index is -0.0154. The maximum atomic E-state index is 13.0. The van der Waals surface area contributed by atoms with Crippen molar-refractivity contribution >= 4 is 18.3 Å². The van der Waals surface area contributed by atoms with Crippen LogP contribution in [0.3, 0.4) is 0 Å². The van der Waals surface area contributed by atoms with E-state index >= 15 is 0 Å². The lowest BCUT2D eigenvalue weighted by molar-refractivity contribution is -0.118. The summed E-state index contributed by atoms with van der Waals surface area (Å²) in [6.45, 7) is 4.21. The van der Waals surface area contributed by atoms with E-state index in [2.05, 4.69) is 34.2 Å². The fourth-order valence-electron chi connectivity index (χ4n) is 4.10. The summed E-state index contributed by atoms with van der Waals surface area (Å²) in [6, 6.07) is 12.3. The third-order valence-corrected chi connectivity index (χ3v) is 5.88. The molecule has 3 heterocycles. The smallest absolute Gasteiger partial charge is 0.272 e. The first-order valence-electron chi connectivity index (χ1n) is 10.3. The molecule has 0 bridgehead atoms. The summed E-state index contributed by atoms with van der Waals surface area (Å²) in [6.07, 6.45) is 5.65. The van der Waals surface area contributed by atoms with Gasteiger partial charge in [-0.2, -0.15) is 0 Å². The lowest BCUT2D eigenvalue weighted by Gasteiger charge is -2.33. The molecule has 29 heavy (non-hydrogen) atoms. The van der Waals surface area contributed by atoms with Gasteiger partial charge in [-0.05, 0) is 36.8 Å². The molecule has 2 aliphatic heterocycles. The molecule has 7 heteroatoms. The van der Waals surface area contributed by atoms with Gasteiger partial charge < -0.3 is 14.7 Å². The molecule has 0 atom stereocenters. The Hall–Kier alpha value is -2.96. The van der Waals surface area contributed by atoms with E-state index < -0.39 is 0 Å². The van der Waals surface area contributed by atoms with Crippen molar-refractivity contribution in [3.05, 3.63) is 53.9 Å². The Balaban J connectivity index is 1.34. The number of piperidine rings is 1. The molecule has 2 aliphatic rings. The maximum Gasteiger partial charge on any atom is 0.272 e. The molecule has 4 rings (SSSR count). The zero-order chi connectivity index (χ0) is 20.1. The number of hydrogen-bond acceptors (Lipinski definition) is 5. The highest BCUT2D eigenvalue weighted by Crippen LogP contribution is 2.23. The van der Waals surface area contributed by atoms with Crippen LogP contribution in [0.5, 0.6) is 0 Å². The minimum Gasteiger partial charge on any atom is -0.342 e. The van der Waals surface area contributed by atoms with Crippen molar-refractivity contribution in [1.29, 1.82) is 0 Å². The van der Waals surface area contributed by atoms with E-state index in [1.165, 1.54) is 5.56 Å². The van der Waals surface area contributed by atoms with E-state index in [0.717, 1.165) is 38.8 Å². The van der Waals surface area contributed by atoms with Crippen molar-refractivity contribution in [2.45, 2.75) is 19.3 Å². The fraction of sp³-hybridized carbons (Fsp3) is 0.455. The van der Waals surface area contributed by atoms with Gasteiger partial charge in [0.2, 0.25) is 12.4 Å². The number of aromatic nitrogens is 2. The number of anilines is 1. The number of hydrogen-bond donors (Lipinski definition) is 0. The molecule has 152 valence electrons. The Kier molecular flexibility index (Phi) is 6.03. The zero-order valence-corrected chi connectivity index (χ0v) is 16.6. The predicted octanol–water partition coefficient (Wildman–Crippen LogP) is 1.85. The first kappa shape index (κ1) is 19.4. The number of carbonyl (C=O) groups excluding carboxylic acids is 2. The van der Waals surface area contributed by atoms with Crippen molar-refractivity contribution < 1.29 is 9.59 Å². The van der Waals surface area contributed by atoms with E-state index in [9.17, 15) is 9.59 Å². The molecule has 2 amide bonds. The lowest BCUT2D eigenvalue weighted by Crippen LogP contribution is -2.46. The molecule has 1 aromatic heterocycles. The number of carbonyl (C=O) groups is 2. The molecule has 0 spiro atoms. The van der Waals surface area contributed by atoms with E-state index in [1.54, 1.807) is 17.2 Å². The Morgan fingerprint density at radius 2 is 1.72 bits per heavy atom. The first-order chi connectivity index (χ1) is 14.2. The second-order valence-corrected chi connectivity index (χ2v) is 7.80. The van der Waals surface area contributed by atoms with Gasteiger partial charge in [-0.1, -0.05) is 30.3 Å². The summed E-state index contributed by atoms with van der Waals surface area (Å²) in [5, 5.41) is 0. The van der Waals surface area contributed by atoms with Gasteiger partial charge in [-0.15, -0.1) is 0 Å². The highest BCUT2D eigenvalue weighted by Gasteiger charge is 2.25. The van der Waals surface area contributed by atoms with Crippen LogP contribution >= 0.6 is 0 Å². The number of rotatable bonds is 5. The monoisotopic (exact) mass is 393 g/mol. The molecule has 2 saturated heterocycles. The summed E-state index contributed by atoms with van der Waals surface area (Å²) in [7, 11) is 0.